The zero-order chi connectivity index (χ0) is 29.9. The molecule has 4 amide bonds. The number of aromatic nitrogens is 1. The molecule has 1 aromatic rings. The van der Waals surface area contributed by atoms with Crippen LogP contribution in [0.25, 0.3) is 0 Å². The number of aliphatic carboxylic acids is 3. The minimum absolute atomic E-state index is 0.0430. The van der Waals surface area contributed by atoms with Crippen LogP contribution < -0.4 is 32.5 Å². The summed E-state index contributed by atoms with van der Waals surface area (Å²) < 4.78 is 0. The second-order valence-corrected chi connectivity index (χ2v) is 8.82. The molecule has 1 rings (SSSR count). The third-order valence-corrected chi connectivity index (χ3v) is 5.64. The maximum absolute atomic E-state index is 12.0. The van der Waals surface area contributed by atoms with E-state index in [1.807, 2.05) is 0 Å². The predicted molar refractivity (Wildman–Crippen MR) is 141 cm³/mol. The van der Waals surface area contributed by atoms with Crippen molar-refractivity contribution in [1.29, 1.82) is 0 Å². The van der Waals surface area contributed by atoms with Crippen molar-refractivity contribution in [2.75, 3.05) is 18.5 Å². The highest BCUT2D eigenvalue weighted by Crippen LogP contribution is 2.05. The van der Waals surface area contributed by atoms with Crippen molar-refractivity contribution in [3.8, 4) is 0 Å². The molecule has 1 heterocycles. The average Bonchev–Trinajstić information content (AvgIpc) is 2.91. The number of urea groups is 1. The van der Waals surface area contributed by atoms with Crippen molar-refractivity contribution in [3.63, 3.8) is 0 Å². The van der Waals surface area contributed by atoms with E-state index in [4.69, 9.17) is 16.1 Å². The summed E-state index contributed by atoms with van der Waals surface area (Å²) in [4.78, 5) is 73.2. The number of nitrogens with zero attached hydrogens (tertiary/aromatic N) is 1. The Hall–Kier alpha value is -4.47. The topological polar surface area (TPSA) is 262 Å². The molecule has 16 heteroatoms. The number of unbranched alkanes of at least 4 members (excludes halogenated alkanes) is 3. The first-order valence-corrected chi connectivity index (χ1v) is 12.8. The predicted octanol–water partition coefficient (Wildman–Crippen LogP) is 0.0143. The molecular formula is C24H37N7O9. The van der Waals surface area contributed by atoms with Crippen molar-refractivity contribution in [1.82, 2.24) is 26.3 Å². The summed E-state index contributed by atoms with van der Waals surface area (Å²) in [5.74, 6) is 1.28. The van der Waals surface area contributed by atoms with E-state index in [0.717, 1.165) is 6.42 Å². The molecule has 0 radical (unpaired) electrons. The number of pyridine rings is 1. The number of amides is 4. The fourth-order valence-electron chi connectivity index (χ4n) is 3.44. The minimum Gasteiger partial charge on any atom is -0.481 e. The van der Waals surface area contributed by atoms with Gasteiger partial charge in [-0.3, -0.25) is 14.4 Å². The van der Waals surface area contributed by atoms with Crippen molar-refractivity contribution in [2.45, 2.75) is 69.9 Å². The lowest BCUT2D eigenvalue weighted by atomic mass is 10.1. The Morgan fingerprint density at radius 3 is 1.98 bits per heavy atom. The molecular weight excluding hydrogens is 530 g/mol. The van der Waals surface area contributed by atoms with Crippen LogP contribution in [-0.2, 0) is 19.2 Å². The fourth-order valence-corrected chi connectivity index (χ4v) is 3.44. The number of anilines is 1. The van der Waals surface area contributed by atoms with Crippen molar-refractivity contribution in [3.05, 3.63) is 23.9 Å². The molecule has 0 saturated carbocycles. The lowest BCUT2D eigenvalue weighted by Crippen LogP contribution is -2.51. The molecule has 0 aliphatic carbocycles. The second kappa shape index (κ2) is 18.7. The van der Waals surface area contributed by atoms with Gasteiger partial charge in [-0.05, 0) is 50.7 Å². The lowest BCUT2D eigenvalue weighted by Gasteiger charge is -2.18. The zero-order valence-corrected chi connectivity index (χ0v) is 22.0. The Morgan fingerprint density at radius 1 is 0.775 bits per heavy atom. The van der Waals surface area contributed by atoms with Crippen LogP contribution in [0, 0.1) is 0 Å². The summed E-state index contributed by atoms with van der Waals surface area (Å²) in [6.45, 7) is 0.768. The second-order valence-electron chi connectivity index (χ2n) is 8.82. The van der Waals surface area contributed by atoms with Gasteiger partial charge in [0.25, 0.3) is 5.91 Å². The largest absolute Gasteiger partial charge is 0.481 e. The highest BCUT2D eigenvalue weighted by atomic mass is 16.4. The SMILES string of the molecule is NNc1ccc(C(=O)NCCCCCC(=O)NCCCC[C@H](NC(=O)N[C@@H](CCC(=O)O)C(=O)O)C(=O)O)cn1. The van der Waals surface area contributed by atoms with Gasteiger partial charge in [0.1, 0.15) is 17.9 Å². The number of hydrazine groups is 1. The molecule has 2 atom stereocenters. The zero-order valence-electron chi connectivity index (χ0n) is 22.0. The van der Waals surface area contributed by atoms with E-state index in [9.17, 15) is 33.9 Å². The van der Waals surface area contributed by atoms with Crippen LogP contribution in [0.15, 0.2) is 18.3 Å². The van der Waals surface area contributed by atoms with Crippen LogP contribution in [0.5, 0.6) is 0 Å². The van der Waals surface area contributed by atoms with Gasteiger partial charge in [-0.25, -0.2) is 25.2 Å². The van der Waals surface area contributed by atoms with E-state index in [1.54, 1.807) is 12.1 Å². The van der Waals surface area contributed by atoms with Crippen molar-refractivity contribution < 1.29 is 44.1 Å². The summed E-state index contributed by atoms with van der Waals surface area (Å²) >= 11 is 0. The Kier molecular flexibility index (Phi) is 15.7. The maximum Gasteiger partial charge on any atom is 0.326 e. The van der Waals surface area contributed by atoms with E-state index in [2.05, 4.69) is 31.7 Å². The summed E-state index contributed by atoms with van der Waals surface area (Å²) in [7, 11) is 0. The van der Waals surface area contributed by atoms with Gasteiger partial charge in [0.05, 0.1) is 5.56 Å². The number of carbonyl (C=O) groups is 6. The average molecular weight is 568 g/mol. The number of nitrogen functional groups attached to an aromatic ring is 1. The Bertz CT molecular complexity index is 1000. The molecule has 0 unspecified atom stereocenters. The van der Waals surface area contributed by atoms with Gasteiger partial charge in [-0.2, -0.15) is 0 Å². The molecule has 222 valence electrons. The molecule has 16 nitrogen and oxygen atoms in total. The maximum atomic E-state index is 12.0. The van der Waals surface area contributed by atoms with Crippen LogP contribution in [0.4, 0.5) is 10.6 Å². The molecule has 10 N–H and O–H groups in total. The molecule has 40 heavy (non-hydrogen) atoms. The molecule has 0 aliphatic rings. The van der Waals surface area contributed by atoms with Crippen molar-refractivity contribution >= 4 is 41.6 Å². The molecule has 0 fully saturated rings. The highest BCUT2D eigenvalue weighted by Gasteiger charge is 2.24. The number of carboxylic acids is 3. The first-order chi connectivity index (χ1) is 19.0. The van der Waals surface area contributed by atoms with Crippen LogP contribution in [0.1, 0.15) is 68.1 Å². The highest BCUT2D eigenvalue weighted by molar-refractivity contribution is 5.94. The quantitative estimate of drug-likeness (QED) is 0.0573. The summed E-state index contributed by atoms with van der Waals surface area (Å²) in [5, 5.41) is 36.8. The minimum atomic E-state index is -1.48. The van der Waals surface area contributed by atoms with Crippen LogP contribution in [0.3, 0.4) is 0 Å². The van der Waals surface area contributed by atoms with Gasteiger partial charge in [0.2, 0.25) is 5.91 Å². The lowest BCUT2D eigenvalue weighted by molar-refractivity contribution is -0.140. The normalized spacial score (nSPS) is 11.9. The smallest absolute Gasteiger partial charge is 0.326 e. The number of hydrogen-bond donors (Lipinski definition) is 9. The molecule has 1 aromatic heterocycles. The Morgan fingerprint density at radius 2 is 1.40 bits per heavy atom. The molecule has 0 saturated heterocycles. The molecule has 0 aliphatic heterocycles. The summed E-state index contributed by atoms with van der Waals surface area (Å²) in [5.41, 5.74) is 2.78. The van der Waals surface area contributed by atoms with E-state index in [0.29, 0.717) is 56.6 Å². The Balaban J connectivity index is 2.18. The monoisotopic (exact) mass is 567 g/mol. The molecule has 0 aromatic carbocycles. The molecule has 0 spiro atoms. The summed E-state index contributed by atoms with van der Waals surface area (Å²) in [6.07, 6.45) is 3.79. The fraction of sp³-hybridized carbons (Fsp3) is 0.542. The molecule has 0 bridgehead atoms. The standard InChI is InChI=1S/C24H37N7O9/c25-31-18-10-8-15(14-28-18)21(35)27-13-4-1-2-7-19(32)26-12-5-3-6-16(22(36)37)29-24(40)30-17(23(38)39)9-11-20(33)34/h8,10,14,16-17H,1-7,9,11-13,25H2,(H,26,32)(H,27,35)(H,28,31)(H,33,34)(H,36,37)(H,38,39)(H2,29,30,40)/t16-,17-/m0/s1. The third-order valence-electron chi connectivity index (χ3n) is 5.64. The van der Waals surface area contributed by atoms with Gasteiger partial charge >= 0.3 is 23.9 Å². The summed E-state index contributed by atoms with van der Waals surface area (Å²) in [6, 6.07) is -0.617. The van der Waals surface area contributed by atoms with Gasteiger partial charge in [-0.15, -0.1) is 0 Å². The number of carbonyl (C=O) groups excluding carboxylic acids is 3. The van der Waals surface area contributed by atoms with Gasteiger partial charge in [0.15, 0.2) is 0 Å². The van der Waals surface area contributed by atoms with Crippen LogP contribution in [0.2, 0.25) is 0 Å². The first-order valence-electron chi connectivity index (χ1n) is 12.8. The number of carboxylic acid groups (broad SMARTS) is 3. The number of nitrogens with one attached hydrogen (secondary N) is 5. The van der Waals surface area contributed by atoms with Gasteiger partial charge in [-0.1, -0.05) is 6.42 Å². The number of hydrogen-bond acceptors (Lipinski definition) is 9. The van der Waals surface area contributed by atoms with E-state index in [1.165, 1.54) is 6.20 Å². The van der Waals surface area contributed by atoms with E-state index in [-0.39, 0.29) is 24.7 Å². The third kappa shape index (κ3) is 14.5. The van der Waals surface area contributed by atoms with E-state index >= 15 is 0 Å². The number of rotatable bonds is 20. The van der Waals surface area contributed by atoms with E-state index < -0.39 is 42.4 Å². The van der Waals surface area contributed by atoms with Crippen LogP contribution >= 0.6 is 0 Å². The van der Waals surface area contributed by atoms with Gasteiger partial charge < -0.3 is 42.0 Å². The Labute approximate surface area is 230 Å². The number of nitrogens with two attached hydrogens (primary N) is 1. The first kappa shape index (κ1) is 33.6. The van der Waals surface area contributed by atoms with Crippen molar-refractivity contribution in [2.24, 2.45) is 5.84 Å². The van der Waals surface area contributed by atoms with Crippen LogP contribution in [-0.4, -0.2) is 81.2 Å². The van der Waals surface area contributed by atoms with Gasteiger partial charge in [0, 0.05) is 32.1 Å².